The van der Waals surface area contributed by atoms with Crippen LogP contribution in [0.25, 0.3) is 0 Å². The third kappa shape index (κ3) is 8.34. The maximum Gasteiger partial charge on any atom is 0.216 e. The van der Waals surface area contributed by atoms with Gasteiger partial charge in [-0.2, -0.15) is 0 Å². The minimum absolute atomic E-state index is 0.00138. The van der Waals surface area contributed by atoms with Crippen LogP contribution in [0.5, 0.6) is 0 Å². The summed E-state index contributed by atoms with van der Waals surface area (Å²) in [5.41, 5.74) is 0. The van der Waals surface area contributed by atoms with Crippen molar-refractivity contribution >= 4 is 11.9 Å². The molecule has 1 atom stereocenters. The molecule has 1 heterocycles. The number of hydrogen-bond acceptors (Lipinski definition) is 3. The predicted molar refractivity (Wildman–Crippen MR) is 88.9 cm³/mol. The average Bonchev–Trinajstić information content (AvgIpc) is 2.99. The van der Waals surface area contributed by atoms with Crippen molar-refractivity contribution in [3.05, 3.63) is 24.2 Å². The molecule has 0 aromatic carbocycles. The summed E-state index contributed by atoms with van der Waals surface area (Å²) in [6, 6.07) is 4.22. The lowest BCUT2D eigenvalue weighted by molar-refractivity contribution is -0.118. The smallest absolute Gasteiger partial charge is 0.216 e. The zero-order valence-corrected chi connectivity index (χ0v) is 13.8. The van der Waals surface area contributed by atoms with Gasteiger partial charge in [-0.3, -0.25) is 9.79 Å². The highest BCUT2D eigenvalue weighted by molar-refractivity contribution is 5.80. The third-order valence-electron chi connectivity index (χ3n) is 3.22. The molecule has 1 aromatic rings. The zero-order chi connectivity index (χ0) is 16.2. The summed E-state index contributed by atoms with van der Waals surface area (Å²) in [7, 11) is 0. The second kappa shape index (κ2) is 10.7. The van der Waals surface area contributed by atoms with Crippen LogP contribution in [0.2, 0.25) is 0 Å². The van der Waals surface area contributed by atoms with Gasteiger partial charge in [-0.25, -0.2) is 0 Å². The maximum atomic E-state index is 10.8. The molecule has 124 valence electrons. The first kappa shape index (κ1) is 18.1. The summed E-state index contributed by atoms with van der Waals surface area (Å²) in [5, 5.41) is 9.45. The highest BCUT2D eigenvalue weighted by atomic mass is 16.3. The molecule has 22 heavy (non-hydrogen) atoms. The summed E-state index contributed by atoms with van der Waals surface area (Å²) in [6.45, 7) is 7.88. The van der Waals surface area contributed by atoms with Gasteiger partial charge in [-0.1, -0.05) is 6.92 Å². The van der Waals surface area contributed by atoms with E-state index in [-0.39, 0.29) is 5.91 Å². The van der Waals surface area contributed by atoms with Gasteiger partial charge in [0.25, 0.3) is 0 Å². The number of amides is 1. The van der Waals surface area contributed by atoms with E-state index >= 15 is 0 Å². The van der Waals surface area contributed by atoms with E-state index in [9.17, 15) is 4.79 Å². The van der Waals surface area contributed by atoms with Crippen molar-refractivity contribution in [1.82, 2.24) is 16.0 Å². The fourth-order valence-electron chi connectivity index (χ4n) is 1.78. The molecule has 0 aliphatic carbocycles. The lowest BCUT2D eigenvalue weighted by Gasteiger charge is -2.16. The zero-order valence-electron chi connectivity index (χ0n) is 13.8. The Balaban J connectivity index is 2.35. The molecule has 0 aliphatic rings. The predicted octanol–water partition coefficient (Wildman–Crippen LogP) is 1.68. The van der Waals surface area contributed by atoms with E-state index in [1.54, 1.807) is 6.26 Å². The molecule has 6 heteroatoms. The molecule has 0 aliphatic heterocycles. The van der Waals surface area contributed by atoms with Crippen molar-refractivity contribution in [3.63, 3.8) is 0 Å². The minimum Gasteiger partial charge on any atom is -0.469 e. The van der Waals surface area contributed by atoms with Crippen LogP contribution in [0.3, 0.4) is 0 Å². The number of carbonyl (C=O) groups excluding carboxylic acids is 1. The number of nitrogens with zero attached hydrogens (tertiary/aromatic N) is 1. The number of hydrogen-bond donors (Lipinski definition) is 3. The van der Waals surface area contributed by atoms with Gasteiger partial charge in [0.1, 0.15) is 5.76 Å². The first-order valence-electron chi connectivity index (χ1n) is 7.93. The van der Waals surface area contributed by atoms with E-state index in [0.717, 1.165) is 37.5 Å². The summed E-state index contributed by atoms with van der Waals surface area (Å²) < 4.78 is 5.31. The standard InChI is InChI=1S/C16H28N4O2/c1-4-13(2)20-16(18-10-6-9-17-14(3)21)19-11-8-15-7-5-12-22-15/h5,7,12-13H,4,6,8-11H2,1-3H3,(H,17,21)(H2,18,19,20). The number of furan rings is 1. The Bertz CT molecular complexity index is 443. The Morgan fingerprint density at radius 1 is 1.36 bits per heavy atom. The van der Waals surface area contributed by atoms with E-state index < -0.39 is 0 Å². The number of guanidine groups is 1. The lowest BCUT2D eigenvalue weighted by Crippen LogP contribution is -2.43. The second-order valence-electron chi connectivity index (χ2n) is 5.28. The SMILES string of the molecule is CCC(C)NC(=NCCCNC(C)=O)NCCc1ccco1. The minimum atomic E-state index is -0.00138. The molecule has 3 N–H and O–H groups in total. The molecule has 1 rings (SSSR count). The van der Waals surface area contributed by atoms with Gasteiger partial charge >= 0.3 is 0 Å². The van der Waals surface area contributed by atoms with Crippen molar-refractivity contribution in [1.29, 1.82) is 0 Å². The summed E-state index contributed by atoms with van der Waals surface area (Å²) in [4.78, 5) is 15.3. The molecule has 0 fully saturated rings. The molecule has 1 amide bonds. The third-order valence-corrected chi connectivity index (χ3v) is 3.22. The molecule has 0 spiro atoms. The van der Waals surface area contributed by atoms with Crippen LogP contribution in [0.1, 0.15) is 39.4 Å². The molecule has 0 bridgehead atoms. The van der Waals surface area contributed by atoms with Gasteiger partial charge in [0, 0.05) is 39.0 Å². The van der Waals surface area contributed by atoms with Crippen molar-refractivity contribution in [2.45, 2.75) is 46.1 Å². The normalized spacial score (nSPS) is 12.8. The summed E-state index contributed by atoms with van der Waals surface area (Å²) in [6.07, 6.45) is 4.36. The van der Waals surface area contributed by atoms with Gasteiger partial charge in [-0.15, -0.1) is 0 Å². The van der Waals surface area contributed by atoms with Gasteiger partial charge in [0.15, 0.2) is 5.96 Å². The number of carbonyl (C=O) groups is 1. The summed E-state index contributed by atoms with van der Waals surface area (Å²) in [5.74, 6) is 1.77. The van der Waals surface area contributed by atoms with Crippen LogP contribution in [0.4, 0.5) is 0 Å². The molecular weight excluding hydrogens is 280 g/mol. The van der Waals surface area contributed by atoms with Crippen LogP contribution in [-0.4, -0.2) is 37.5 Å². The molecule has 0 radical (unpaired) electrons. The first-order chi connectivity index (χ1) is 10.6. The van der Waals surface area contributed by atoms with E-state index in [4.69, 9.17) is 4.42 Å². The molecular formula is C16H28N4O2. The Kier molecular flexibility index (Phi) is 8.79. The highest BCUT2D eigenvalue weighted by Crippen LogP contribution is 1.99. The van der Waals surface area contributed by atoms with Crippen molar-refractivity contribution in [3.8, 4) is 0 Å². The number of nitrogens with one attached hydrogen (secondary N) is 3. The summed E-state index contributed by atoms with van der Waals surface area (Å²) >= 11 is 0. The number of rotatable bonds is 9. The molecule has 1 aromatic heterocycles. The van der Waals surface area contributed by atoms with Gasteiger partial charge in [-0.05, 0) is 31.9 Å². The van der Waals surface area contributed by atoms with Crippen molar-refractivity contribution < 1.29 is 9.21 Å². The fraction of sp³-hybridized carbons (Fsp3) is 0.625. The van der Waals surface area contributed by atoms with E-state index in [2.05, 4.69) is 34.8 Å². The Morgan fingerprint density at radius 2 is 2.18 bits per heavy atom. The monoisotopic (exact) mass is 308 g/mol. The second-order valence-corrected chi connectivity index (χ2v) is 5.28. The van der Waals surface area contributed by atoms with E-state index in [1.807, 2.05) is 12.1 Å². The van der Waals surface area contributed by atoms with Crippen molar-refractivity contribution in [2.24, 2.45) is 4.99 Å². The van der Waals surface area contributed by atoms with Crippen LogP contribution >= 0.6 is 0 Å². The lowest BCUT2D eigenvalue weighted by atomic mass is 10.3. The average molecular weight is 308 g/mol. The fourth-order valence-corrected chi connectivity index (χ4v) is 1.78. The van der Waals surface area contributed by atoms with Crippen LogP contribution in [0.15, 0.2) is 27.8 Å². The molecule has 6 nitrogen and oxygen atoms in total. The van der Waals surface area contributed by atoms with Gasteiger partial charge in [0.2, 0.25) is 5.91 Å². The quantitative estimate of drug-likeness (QED) is 0.368. The van der Waals surface area contributed by atoms with Crippen LogP contribution in [0, 0.1) is 0 Å². The van der Waals surface area contributed by atoms with Gasteiger partial charge in [0.05, 0.1) is 6.26 Å². The molecule has 0 saturated heterocycles. The van der Waals surface area contributed by atoms with Crippen LogP contribution in [-0.2, 0) is 11.2 Å². The van der Waals surface area contributed by atoms with Gasteiger partial charge < -0.3 is 20.4 Å². The molecule has 1 unspecified atom stereocenters. The Morgan fingerprint density at radius 3 is 2.82 bits per heavy atom. The first-order valence-corrected chi connectivity index (χ1v) is 7.93. The largest absolute Gasteiger partial charge is 0.469 e. The van der Waals surface area contributed by atoms with Crippen molar-refractivity contribution in [2.75, 3.05) is 19.6 Å². The Labute approximate surface area is 132 Å². The van der Waals surface area contributed by atoms with E-state index in [1.165, 1.54) is 6.92 Å². The maximum absolute atomic E-state index is 10.8. The Hall–Kier alpha value is -1.98. The van der Waals surface area contributed by atoms with E-state index in [0.29, 0.717) is 19.1 Å². The highest BCUT2D eigenvalue weighted by Gasteiger charge is 2.04. The van der Waals surface area contributed by atoms with Crippen LogP contribution < -0.4 is 16.0 Å². The topological polar surface area (TPSA) is 78.7 Å². The molecule has 0 saturated carbocycles. The number of aliphatic imine (C=N–C) groups is 1.